The van der Waals surface area contributed by atoms with E-state index in [1.807, 2.05) is 42.5 Å². The Hall–Kier alpha value is -3.41. The lowest BCUT2D eigenvalue weighted by molar-refractivity contribution is -0.137. The smallest absolute Gasteiger partial charge is 0.294 e. The summed E-state index contributed by atoms with van der Waals surface area (Å²) in [7, 11) is 0. The van der Waals surface area contributed by atoms with E-state index in [-0.39, 0.29) is 17.9 Å². The molecule has 3 aromatic rings. The Morgan fingerprint density at radius 3 is 2.38 bits per heavy atom. The average Bonchev–Trinajstić information content (AvgIpc) is 2.78. The molecule has 1 unspecified atom stereocenters. The molecule has 0 aromatic heterocycles. The van der Waals surface area contributed by atoms with Gasteiger partial charge >= 0.3 is 6.18 Å². The molecule has 0 fully saturated rings. The number of carbonyl (C=O) groups excluding carboxylic acids is 2. The molecule has 5 rings (SSSR count). The molecule has 1 amide bonds. The number of hydrogen-bond donors (Lipinski definition) is 0. The zero-order valence-electron chi connectivity index (χ0n) is 17.2. The summed E-state index contributed by atoms with van der Waals surface area (Å²) in [5.41, 5.74) is 0.671. The molecule has 3 aromatic carbocycles. The van der Waals surface area contributed by atoms with Gasteiger partial charge in [-0.15, -0.1) is 0 Å². The number of fused-ring (bicyclic) bond motifs is 1. The predicted octanol–water partition coefficient (Wildman–Crippen LogP) is 6.39. The number of anilines is 1. The highest BCUT2D eigenvalue weighted by molar-refractivity contribution is 6.08. The Kier molecular flexibility index (Phi) is 4.88. The van der Waals surface area contributed by atoms with E-state index < -0.39 is 23.6 Å². The number of halogens is 3. The van der Waals surface area contributed by atoms with Gasteiger partial charge in [0.05, 0.1) is 11.3 Å². The van der Waals surface area contributed by atoms with Crippen molar-refractivity contribution in [3.8, 4) is 0 Å². The monoisotopic (exact) mass is 435 g/mol. The average molecular weight is 435 g/mol. The van der Waals surface area contributed by atoms with Gasteiger partial charge in [0.2, 0.25) is 5.91 Å². The number of allylic oxidation sites excluding steroid dienone is 2. The topological polar surface area (TPSA) is 37.4 Å². The number of carbonyl (C=O) groups is 2. The van der Waals surface area contributed by atoms with Gasteiger partial charge in [-0.3, -0.25) is 14.5 Å². The van der Waals surface area contributed by atoms with E-state index in [0.717, 1.165) is 27.3 Å². The zero-order valence-corrected chi connectivity index (χ0v) is 17.2. The molecule has 0 saturated heterocycles. The summed E-state index contributed by atoms with van der Waals surface area (Å²) in [5.74, 6) is -0.982. The molecule has 1 aliphatic heterocycles. The number of para-hydroxylation sites is 1. The normalized spacial score (nSPS) is 19.5. The second-order valence-corrected chi connectivity index (χ2v) is 8.21. The van der Waals surface area contributed by atoms with Crippen LogP contribution in [0.4, 0.5) is 18.9 Å². The Morgan fingerprint density at radius 2 is 1.56 bits per heavy atom. The van der Waals surface area contributed by atoms with Crippen LogP contribution < -0.4 is 4.90 Å². The summed E-state index contributed by atoms with van der Waals surface area (Å²) in [6.07, 6.45) is -3.42. The molecule has 0 saturated carbocycles. The zero-order chi connectivity index (χ0) is 22.5. The number of amides is 1. The van der Waals surface area contributed by atoms with Gasteiger partial charge in [0.15, 0.2) is 5.78 Å². The first-order chi connectivity index (χ1) is 15.4. The minimum atomic E-state index is -4.61. The number of ketones is 1. The SMILES string of the molecule is O=C1CCCC2=C1C(c1cccc3ccccc13)CC(=O)N2c1ccccc1C(F)(F)F. The maximum Gasteiger partial charge on any atom is 0.418 e. The summed E-state index contributed by atoms with van der Waals surface area (Å²) in [6.45, 7) is 0. The van der Waals surface area contributed by atoms with Crippen molar-refractivity contribution < 1.29 is 22.8 Å². The van der Waals surface area contributed by atoms with Crippen LogP contribution in [0, 0.1) is 0 Å². The third kappa shape index (κ3) is 3.30. The number of Topliss-reactive ketones (excluding diaryl/α,β-unsaturated/α-hetero) is 1. The molecular weight excluding hydrogens is 415 g/mol. The van der Waals surface area contributed by atoms with Crippen molar-refractivity contribution in [2.45, 2.75) is 37.8 Å². The molecule has 162 valence electrons. The molecular formula is C26H20F3NO2. The van der Waals surface area contributed by atoms with Gasteiger partial charge in [0.25, 0.3) is 0 Å². The van der Waals surface area contributed by atoms with Crippen molar-refractivity contribution in [3.05, 3.63) is 89.1 Å². The van der Waals surface area contributed by atoms with Crippen molar-refractivity contribution in [1.29, 1.82) is 0 Å². The van der Waals surface area contributed by atoms with E-state index in [4.69, 9.17) is 0 Å². The fourth-order valence-electron chi connectivity index (χ4n) is 5.00. The maximum atomic E-state index is 13.7. The molecule has 0 bridgehead atoms. The van der Waals surface area contributed by atoms with Crippen LogP contribution >= 0.6 is 0 Å². The van der Waals surface area contributed by atoms with Crippen LogP contribution in [-0.2, 0) is 15.8 Å². The van der Waals surface area contributed by atoms with Crippen LogP contribution in [0.1, 0.15) is 42.7 Å². The first kappa shape index (κ1) is 20.5. The van der Waals surface area contributed by atoms with Crippen LogP contribution in [0.5, 0.6) is 0 Å². The fraction of sp³-hybridized carbons (Fsp3) is 0.231. The molecule has 2 aliphatic rings. The van der Waals surface area contributed by atoms with E-state index in [2.05, 4.69) is 0 Å². The van der Waals surface area contributed by atoms with Crippen LogP contribution in [0.15, 0.2) is 78.0 Å². The van der Waals surface area contributed by atoms with Gasteiger partial charge in [0, 0.05) is 30.0 Å². The van der Waals surface area contributed by atoms with Crippen LogP contribution in [0.3, 0.4) is 0 Å². The second-order valence-electron chi connectivity index (χ2n) is 8.21. The standard InChI is InChI=1S/C26H20F3NO2/c27-26(28,29)20-11-3-4-12-21(20)30-22-13-6-14-23(31)25(22)19(15-24(30)32)18-10-5-8-16-7-1-2-9-17(16)18/h1-5,7-12,19H,6,13-15H2. The third-order valence-electron chi connectivity index (χ3n) is 6.32. The summed E-state index contributed by atoms with van der Waals surface area (Å²) < 4.78 is 41.2. The van der Waals surface area contributed by atoms with E-state index in [1.165, 1.54) is 18.2 Å². The van der Waals surface area contributed by atoms with Crippen molar-refractivity contribution in [2.75, 3.05) is 4.90 Å². The van der Waals surface area contributed by atoms with Crippen molar-refractivity contribution in [1.82, 2.24) is 0 Å². The minimum Gasteiger partial charge on any atom is -0.294 e. The second kappa shape index (κ2) is 7.62. The Morgan fingerprint density at radius 1 is 0.844 bits per heavy atom. The fourth-order valence-corrected chi connectivity index (χ4v) is 5.00. The van der Waals surface area contributed by atoms with Gasteiger partial charge in [0.1, 0.15) is 0 Å². The first-order valence-corrected chi connectivity index (χ1v) is 10.6. The van der Waals surface area contributed by atoms with Gasteiger partial charge in [-0.05, 0) is 41.3 Å². The number of rotatable bonds is 2. The highest BCUT2D eigenvalue weighted by Crippen LogP contribution is 2.47. The van der Waals surface area contributed by atoms with Crippen LogP contribution in [-0.4, -0.2) is 11.7 Å². The molecule has 0 N–H and O–H groups in total. The van der Waals surface area contributed by atoms with Crippen molar-refractivity contribution in [2.24, 2.45) is 0 Å². The van der Waals surface area contributed by atoms with Gasteiger partial charge in [-0.2, -0.15) is 13.2 Å². The van der Waals surface area contributed by atoms with Crippen LogP contribution in [0.2, 0.25) is 0 Å². The van der Waals surface area contributed by atoms with Crippen molar-refractivity contribution in [3.63, 3.8) is 0 Å². The molecule has 1 heterocycles. The summed E-state index contributed by atoms with van der Waals surface area (Å²) in [5, 5.41) is 1.94. The van der Waals surface area contributed by atoms with Gasteiger partial charge in [-0.25, -0.2) is 0 Å². The van der Waals surface area contributed by atoms with Gasteiger partial charge < -0.3 is 0 Å². The Labute approximate surface area is 183 Å². The van der Waals surface area contributed by atoms with Crippen molar-refractivity contribution >= 4 is 28.2 Å². The molecule has 32 heavy (non-hydrogen) atoms. The molecule has 6 heteroatoms. The predicted molar refractivity (Wildman–Crippen MR) is 116 cm³/mol. The van der Waals surface area contributed by atoms with E-state index in [9.17, 15) is 22.8 Å². The maximum absolute atomic E-state index is 13.7. The Bertz CT molecular complexity index is 1270. The third-order valence-corrected chi connectivity index (χ3v) is 6.32. The molecule has 3 nitrogen and oxygen atoms in total. The summed E-state index contributed by atoms with van der Waals surface area (Å²) in [4.78, 5) is 27.6. The first-order valence-electron chi connectivity index (χ1n) is 10.6. The van der Waals surface area contributed by atoms with Gasteiger partial charge in [-0.1, -0.05) is 54.6 Å². The summed E-state index contributed by atoms with van der Waals surface area (Å²) >= 11 is 0. The molecule has 1 aliphatic carbocycles. The molecule has 0 radical (unpaired) electrons. The lowest BCUT2D eigenvalue weighted by atomic mass is 9.76. The Balaban J connectivity index is 1.73. The quantitative estimate of drug-likeness (QED) is 0.468. The highest BCUT2D eigenvalue weighted by Gasteiger charge is 2.43. The number of nitrogens with zero attached hydrogens (tertiary/aromatic N) is 1. The van der Waals surface area contributed by atoms with E-state index >= 15 is 0 Å². The highest BCUT2D eigenvalue weighted by atomic mass is 19.4. The molecule has 0 spiro atoms. The van der Waals surface area contributed by atoms with E-state index in [1.54, 1.807) is 0 Å². The lowest BCUT2D eigenvalue weighted by Crippen LogP contribution is -2.41. The van der Waals surface area contributed by atoms with E-state index in [0.29, 0.717) is 30.5 Å². The minimum absolute atomic E-state index is 0.0508. The number of alkyl halides is 3. The number of benzene rings is 3. The largest absolute Gasteiger partial charge is 0.418 e. The lowest BCUT2D eigenvalue weighted by Gasteiger charge is -2.39. The molecule has 1 atom stereocenters. The van der Waals surface area contributed by atoms with Crippen LogP contribution in [0.25, 0.3) is 10.8 Å². The number of hydrogen-bond acceptors (Lipinski definition) is 2. The summed E-state index contributed by atoms with van der Waals surface area (Å²) in [6, 6.07) is 18.6.